The second-order valence-corrected chi connectivity index (χ2v) is 10.5. The summed E-state index contributed by atoms with van der Waals surface area (Å²) in [5, 5.41) is 29.4. The molecule has 200 valence electrons. The number of carbonyl (C=O) groups excluding carboxylic acids is 1. The van der Waals surface area contributed by atoms with Gasteiger partial charge in [-0.05, 0) is 48.5 Å². The van der Waals surface area contributed by atoms with Gasteiger partial charge in [0, 0.05) is 45.7 Å². The van der Waals surface area contributed by atoms with Gasteiger partial charge in [0.1, 0.15) is 11.5 Å². The molecule has 0 radical (unpaired) electrons. The van der Waals surface area contributed by atoms with E-state index in [0.29, 0.717) is 11.5 Å². The minimum atomic E-state index is -0.361. The Labute approximate surface area is 230 Å². The summed E-state index contributed by atoms with van der Waals surface area (Å²) >= 11 is 0. The van der Waals surface area contributed by atoms with Gasteiger partial charge in [0.25, 0.3) is 0 Å². The summed E-state index contributed by atoms with van der Waals surface area (Å²) in [5.74, 6) is 0.588. The van der Waals surface area contributed by atoms with Crippen LogP contribution < -0.4 is 16.0 Å². The summed E-state index contributed by atoms with van der Waals surface area (Å²) < 4.78 is 1.75. The van der Waals surface area contributed by atoms with Crippen LogP contribution in [0, 0.1) is 0 Å². The highest BCUT2D eigenvalue weighted by Crippen LogP contribution is 2.30. The molecule has 0 unspecified atom stereocenters. The summed E-state index contributed by atoms with van der Waals surface area (Å²) in [6.45, 7) is 6.28. The standard InChI is InChI=1S/C30H29N9O/c1-30(2,3)26-16-27(39(38-26)23-10-5-4-6-11-23)35-29(40)34-21-9-7-8-20(14-21)33-22-12-13-24-25(15-22)36-37-28(24)19-17-31-32-18-19/h4-18,33H,1-3H3,(H,31,32)(H,36,37)(H2,34,35,40). The Morgan fingerprint density at radius 3 is 2.45 bits per heavy atom. The van der Waals surface area contributed by atoms with E-state index in [2.05, 4.69) is 57.1 Å². The Balaban J connectivity index is 1.18. The van der Waals surface area contributed by atoms with Crippen molar-refractivity contribution in [3.05, 3.63) is 97.0 Å². The van der Waals surface area contributed by atoms with E-state index in [9.17, 15) is 4.79 Å². The lowest BCUT2D eigenvalue weighted by Gasteiger charge is -2.14. The fourth-order valence-electron chi connectivity index (χ4n) is 4.42. The van der Waals surface area contributed by atoms with E-state index in [-0.39, 0.29) is 11.4 Å². The minimum absolute atomic E-state index is 0.174. The third-order valence-corrected chi connectivity index (χ3v) is 6.46. The van der Waals surface area contributed by atoms with Crippen LogP contribution in [0.15, 0.2) is 91.3 Å². The highest BCUT2D eigenvalue weighted by molar-refractivity contribution is 6.00. The second kappa shape index (κ2) is 10.1. The zero-order chi connectivity index (χ0) is 27.7. The lowest BCUT2D eigenvalue weighted by molar-refractivity contribution is 0.262. The maximum absolute atomic E-state index is 13.0. The van der Waals surface area contributed by atoms with Crippen LogP contribution in [0.3, 0.4) is 0 Å². The van der Waals surface area contributed by atoms with E-state index in [1.54, 1.807) is 10.9 Å². The SMILES string of the molecule is CC(C)(C)c1cc(NC(=O)Nc2cccc(Nc3ccc4c(-c5cn[nH]c5)n[nH]c4c3)c2)n(-c2ccccc2)n1. The molecule has 0 spiro atoms. The fraction of sp³-hybridized carbons (Fsp3) is 0.133. The lowest BCUT2D eigenvalue weighted by Crippen LogP contribution is -2.21. The number of amides is 2. The summed E-state index contributed by atoms with van der Waals surface area (Å²) in [4.78, 5) is 13.0. The second-order valence-electron chi connectivity index (χ2n) is 10.5. The maximum atomic E-state index is 13.0. The van der Waals surface area contributed by atoms with Gasteiger partial charge >= 0.3 is 6.03 Å². The fourth-order valence-corrected chi connectivity index (χ4v) is 4.42. The predicted octanol–water partition coefficient (Wildman–Crippen LogP) is 6.82. The largest absolute Gasteiger partial charge is 0.355 e. The molecule has 2 amide bonds. The molecule has 3 aromatic carbocycles. The molecule has 10 nitrogen and oxygen atoms in total. The molecule has 6 rings (SSSR count). The number of aromatic amines is 2. The number of anilines is 4. The molecule has 3 aromatic heterocycles. The van der Waals surface area contributed by atoms with Gasteiger partial charge in [-0.1, -0.05) is 45.0 Å². The van der Waals surface area contributed by atoms with Crippen LogP contribution in [-0.4, -0.2) is 36.2 Å². The molecular formula is C30H29N9O. The van der Waals surface area contributed by atoms with E-state index in [0.717, 1.165) is 44.9 Å². The molecule has 6 aromatic rings. The van der Waals surface area contributed by atoms with Crippen LogP contribution in [-0.2, 0) is 5.41 Å². The number of hydrogen-bond acceptors (Lipinski definition) is 5. The van der Waals surface area contributed by atoms with Crippen molar-refractivity contribution in [2.24, 2.45) is 0 Å². The Bertz CT molecular complexity index is 1780. The van der Waals surface area contributed by atoms with Crippen LogP contribution in [0.2, 0.25) is 0 Å². The quantitative estimate of drug-likeness (QED) is 0.161. The van der Waals surface area contributed by atoms with E-state index < -0.39 is 0 Å². The topological polar surface area (TPSA) is 128 Å². The minimum Gasteiger partial charge on any atom is -0.355 e. The van der Waals surface area contributed by atoms with Gasteiger partial charge in [0.2, 0.25) is 0 Å². The molecule has 0 saturated carbocycles. The van der Waals surface area contributed by atoms with Crippen LogP contribution in [0.25, 0.3) is 27.8 Å². The number of carbonyl (C=O) groups is 1. The molecule has 0 fully saturated rings. The first kappa shape index (κ1) is 24.9. The molecule has 5 N–H and O–H groups in total. The van der Waals surface area contributed by atoms with Gasteiger partial charge in [-0.3, -0.25) is 15.5 Å². The average Bonchev–Trinajstić information content (AvgIpc) is 3.69. The van der Waals surface area contributed by atoms with E-state index >= 15 is 0 Å². The van der Waals surface area contributed by atoms with Crippen LogP contribution >= 0.6 is 0 Å². The van der Waals surface area contributed by atoms with Crippen molar-refractivity contribution in [1.29, 1.82) is 0 Å². The number of H-pyrrole nitrogens is 2. The summed E-state index contributed by atoms with van der Waals surface area (Å²) in [6.07, 6.45) is 3.56. The van der Waals surface area contributed by atoms with Crippen molar-refractivity contribution in [1.82, 2.24) is 30.2 Å². The summed E-state index contributed by atoms with van der Waals surface area (Å²) in [7, 11) is 0. The Morgan fingerprint density at radius 2 is 1.68 bits per heavy atom. The number of para-hydroxylation sites is 1. The highest BCUT2D eigenvalue weighted by atomic mass is 16.2. The molecule has 3 heterocycles. The van der Waals surface area contributed by atoms with Gasteiger partial charge in [-0.25, -0.2) is 9.48 Å². The van der Waals surface area contributed by atoms with Crippen LogP contribution in [0.5, 0.6) is 0 Å². The van der Waals surface area contributed by atoms with Crippen molar-refractivity contribution in [2.45, 2.75) is 26.2 Å². The first-order valence-corrected chi connectivity index (χ1v) is 12.9. The number of benzene rings is 3. The monoisotopic (exact) mass is 531 g/mol. The van der Waals surface area contributed by atoms with Crippen molar-refractivity contribution in [3.63, 3.8) is 0 Å². The van der Waals surface area contributed by atoms with Crippen molar-refractivity contribution >= 4 is 39.8 Å². The first-order valence-electron chi connectivity index (χ1n) is 12.9. The lowest BCUT2D eigenvalue weighted by atomic mass is 9.92. The normalized spacial score (nSPS) is 11.5. The molecule has 0 aliphatic carbocycles. The average molecular weight is 532 g/mol. The molecule has 10 heteroatoms. The van der Waals surface area contributed by atoms with Gasteiger partial charge in [-0.2, -0.15) is 15.3 Å². The molecular weight excluding hydrogens is 502 g/mol. The Kier molecular flexibility index (Phi) is 6.27. The number of urea groups is 1. The van der Waals surface area contributed by atoms with E-state index in [1.165, 1.54) is 0 Å². The number of aromatic nitrogens is 6. The molecule has 0 saturated heterocycles. The molecule has 0 atom stereocenters. The summed E-state index contributed by atoms with van der Waals surface area (Å²) in [6, 6.07) is 24.8. The molecule has 0 aliphatic heterocycles. The van der Waals surface area contributed by atoms with Gasteiger partial charge in [-0.15, -0.1) is 0 Å². The van der Waals surface area contributed by atoms with E-state index in [4.69, 9.17) is 5.10 Å². The molecule has 0 aliphatic rings. The van der Waals surface area contributed by atoms with Crippen LogP contribution in [0.1, 0.15) is 26.5 Å². The number of nitrogens with zero attached hydrogens (tertiary/aromatic N) is 4. The van der Waals surface area contributed by atoms with Crippen molar-refractivity contribution in [3.8, 4) is 16.9 Å². The Morgan fingerprint density at radius 1 is 0.875 bits per heavy atom. The van der Waals surface area contributed by atoms with Gasteiger partial charge < -0.3 is 10.6 Å². The smallest absolute Gasteiger partial charge is 0.324 e. The Hall–Kier alpha value is -5.38. The van der Waals surface area contributed by atoms with Gasteiger partial charge in [0.15, 0.2) is 0 Å². The zero-order valence-electron chi connectivity index (χ0n) is 22.4. The van der Waals surface area contributed by atoms with Crippen molar-refractivity contribution < 1.29 is 4.79 Å². The number of nitrogens with one attached hydrogen (secondary N) is 5. The highest BCUT2D eigenvalue weighted by Gasteiger charge is 2.21. The third-order valence-electron chi connectivity index (χ3n) is 6.46. The van der Waals surface area contributed by atoms with Crippen LogP contribution in [0.4, 0.5) is 27.7 Å². The molecule has 40 heavy (non-hydrogen) atoms. The maximum Gasteiger partial charge on any atom is 0.324 e. The van der Waals surface area contributed by atoms with E-state index in [1.807, 2.05) is 85.1 Å². The third kappa shape index (κ3) is 5.14. The molecule has 0 bridgehead atoms. The predicted molar refractivity (Wildman–Crippen MR) is 158 cm³/mol. The van der Waals surface area contributed by atoms with Crippen molar-refractivity contribution in [2.75, 3.05) is 16.0 Å². The number of fused-ring (bicyclic) bond motifs is 1. The summed E-state index contributed by atoms with van der Waals surface area (Å²) in [5.41, 5.74) is 6.60. The van der Waals surface area contributed by atoms with Gasteiger partial charge in [0.05, 0.1) is 23.1 Å². The number of rotatable bonds is 6. The zero-order valence-corrected chi connectivity index (χ0v) is 22.4. The first-order chi connectivity index (χ1) is 19.3. The number of hydrogen-bond donors (Lipinski definition) is 5.